The van der Waals surface area contributed by atoms with Gasteiger partial charge in [0, 0.05) is 18.9 Å². The van der Waals surface area contributed by atoms with Crippen molar-refractivity contribution in [1.29, 1.82) is 0 Å². The third-order valence-electron chi connectivity index (χ3n) is 2.20. The van der Waals surface area contributed by atoms with Gasteiger partial charge in [0.15, 0.2) is 0 Å². The number of aromatic nitrogens is 3. The minimum absolute atomic E-state index is 0.0250. The summed E-state index contributed by atoms with van der Waals surface area (Å²) in [5, 5.41) is 11.4. The summed E-state index contributed by atoms with van der Waals surface area (Å²) in [5.74, 6) is -0.456. The summed E-state index contributed by atoms with van der Waals surface area (Å²) in [5.41, 5.74) is 1.45. The molecular weight excluding hydrogens is 232 g/mol. The quantitative estimate of drug-likeness (QED) is 0.827. The van der Waals surface area contributed by atoms with Crippen LogP contribution in [0.2, 0.25) is 0 Å². The molecule has 0 aliphatic rings. The van der Waals surface area contributed by atoms with Crippen LogP contribution in [0.25, 0.3) is 11.4 Å². The standard InChI is InChI=1S/C12H12N4O2/c17-11(18)5-8-15-12-14-7-4-10(16-12)9-3-1-2-6-13-9/h1-4,6-7H,5,8H2,(H,17,18)(H,14,15,16). The Balaban J connectivity index is 2.08. The van der Waals surface area contributed by atoms with Gasteiger partial charge < -0.3 is 10.4 Å². The summed E-state index contributed by atoms with van der Waals surface area (Å²) in [6, 6.07) is 7.31. The van der Waals surface area contributed by atoms with Gasteiger partial charge in [-0.2, -0.15) is 0 Å². The molecule has 0 aliphatic carbocycles. The lowest BCUT2D eigenvalue weighted by atomic mass is 10.3. The molecule has 0 aromatic carbocycles. The molecule has 6 nitrogen and oxygen atoms in total. The fourth-order valence-corrected chi connectivity index (χ4v) is 1.38. The fraction of sp³-hybridized carbons (Fsp3) is 0.167. The number of nitrogens with zero attached hydrogens (tertiary/aromatic N) is 3. The Labute approximate surface area is 104 Å². The van der Waals surface area contributed by atoms with Crippen molar-refractivity contribution in [3.8, 4) is 11.4 Å². The second kappa shape index (κ2) is 5.72. The van der Waals surface area contributed by atoms with E-state index in [9.17, 15) is 4.79 Å². The number of hydrogen-bond acceptors (Lipinski definition) is 5. The van der Waals surface area contributed by atoms with Crippen molar-refractivity contribution in [2.75, 3.05) is 11.9 Å². The van der Waals surface area contributed by atoms with Crippen LogP contribution in [0.4, 0.5) is 5.95 Å². The lowest BCUT2D eigenvalue weighted by Crippen LogP contribution is -2.09. The normalized spacial score (nSPS) is 10.0. The van der Waals surface area contributed by atoms with Gasteiger partial charge >= 0.3 is 5.97 Å². The van der Waals surface area contributed by atoms with Crippen LogP contribution in [-0.2, 0) is 4.79 Å². The van der Waals surface area contributed by atoms with Gasteiger partial charge in [0.25, 0.3) is 0 Å². The van der Waals surface area contributed by atoms with Gasteiger partial charge in [-0.05, 0) is 18.2 Å². The second-order valence-corrected chi connectivity index (χ2v) is 3.55. The van der Waals surface area contributed by atoms with E-state index in [2.05, 4.69) is 20.3 Å². The molecular formula is C12H12N4O2. The molecule has 0 saturated carbocycles. The topological polar surface area (TPSA) is 88.0 Å². The van der Waals surface area contributed by atoms with Gasteiger partial charge in [-0.15, -0.1) is 0 Å². The minimum atomic E-state index is -0.858. The van der Waals surface area contributed by atoms with Crippen molar-refractivity contribution in [3.63, 3.8) is 0 Å². The van der Waals surface area contributed by atoms with E-state index in [0.29, 0.717) is 18.2 Å². The van der Waals surface area contributed by atoms with E-state index < -0.39 is 5.97 Å². The van der Waals surface area contributed by atoms with Crippen LogP contribution in [-0.4, -0.2) is 32.6 Å². The molecule has 2 heterocycles. The number of hydrogen-bond donors (Lipinski definition) is 2. The molecule has 0 saturated heterocycles. The molecule has 2 N–H and O–H groups in total. The maximum absolute atomic E-state index is 10.4. The first kappa shape index (κ1) is 12.0. The molecule has 18 heavy (non-hydrogen) atoms. The zero-order chi connectivity index (χ0) is 12.8. The Kier molecular flexibility index (Phi) is 3.80. The van der Waals surface area contributed by atoms with Gasteiger partial charge in [-0.1, -0.05) is 6.07 Å². The highest BCUT2D eigenvalue weighted by Crippen LogP contribution is 2.13. The van der Waals surface area contributed by atoms with Crippen LogP contribution in [0.1, 0.15) is 6.42 Å². The van der Waals surface area contributed by atoms with Gasteiger partial charge in [0.05, 0.1) is 17.8 Å². The molecule has 0 spiro atoms. The SMILES string of the molecule is O=C(O)CCNc1nccc(-c2ccccn2)n1. The molecule has 0 radical (unpaired) electrons. The molecule has 0 unspecified atom stereocenters. The van der Waals surface area contributed by atoms with E-state index in [1.54, 1.807) is 18.5 Å². The first-order valence-electron chi connectivity index (χ1n) is 5.46. The van der Waals surface area contributed by atoms with Crippen LogP contribution in [0.15, 0.2) is 36.7 Å². The lowest BCUT2D eigenvalue weighted by molar-refractivity contribution is -0.136. The predicted molar refractivity (Wildman–Crippen MR) is 66.0 cm³/mol. The summed E-state index contributed by atoms with van der Waals surface area (Å²) in [4.78, 5) is 22.9. The zero-order valence-corrected chi connectivity index (χ0v) is 9.58. The Morgan fingerprint density at radius 3 is 2.78 bits per heavy atom. The van der Waals surface area contributed by atoms with Gasteiger partial charge in [0.1, 0.15) is 0 Å². The predicted octanol–water partition coefficient (Wildman–Crippen LogP) is 1.43. The van der Waals surface area contributed by atoms with E-state index in [4.69, 9.17) is 5.11 Å². The Hall–Kier alpha value is -2.50. The van der Waals surface area contributed by atoms with Crippen LogP contribution in [0, 0.1) is 0 Å². The van der Waals surface area contributed by atoms with E-state index in [1.807, 2.05) is 18.2 Å². The minimum Gasteiger partial charge on any atom is -0.481 e. The largest absolute Gasteiger partial charge is 0.481 e. The summed E-state index contributed by atoms with van der Waals surface area (Å²) >= 11 is 0. The van der Waals surface area contributed by atoms with Crippen LogP contribution in [0.5, 0.6) is 0 Å². The van der Waals surface area contributed by atoms with E-state index in [-0.39, 0.29) is 6.42 Å². The van der Waals surface area contributed by atoms with Crippen molar-refractivity contribution in [1.82, 2.24) is 15.0 Å². The summed E-state index contributed by atoms with van der Waals surface area (Å²) in [6.45, 7) is 0.293. The number of aliphatic carboxylic acids is 1. The molecule has 0 aliphatic heterocycles. The summed E-state index contributed by atoms with van der Waals surface area (Å²) < 4.78 is 0. The molecule has 0 bridgehead atoms. The molecule has 0 fully saturated rings. The average Bonchev–Trinajstić information content (AvgIpc) is 2.40. The molecule has 92 valence electrons. The van der Waals surface area contributed by atoms with Gasteiger partial charge in [0.2, 0.25) is 5.95 Å². The Bertz CT molecular complexity index is 531. The Morgan fingerprint density at radius 1 is 1.17 bits per heavy atom. The zero-order valence-electron chi connectivity index (χ0n) is 9.58. The highest BCUT2D eigenvalue weighted by molar-refractivity contribution is 5.67. The lowest BCUT2D eigenvalue weighted by Gasteiger charge is -2.04. The number of anilines is 1. The molecule has 2 aromatic rings. The monoisotopic (exact) mass is 244 g/mol. The van der Waals surface area contributed by atoms with Crippen molar-refractivity contribution in [3.05, 3.63) is 36.7 Å². The Morgan fingerprint density at radius 2 is 2.06 bits per heavy atom. The smallest absolute Gasteiger partial charge is 0.305 e. The fourth-order valence-electron chi connectivity index (χ4n) is 1.38. The van der Waals surface area contributed by atoms with E-state index in [1.165, 1.54) is 0 Å². The third-order valence-corrected chi connectivity index (χ3v) is 2.20. The number of carbonyl (C=O) groups is 1. The van der Waals surface area contributed by atoms with Gasteiger partial charge in [-0.25, -0.2) is 9.97 Å². The molecule has 6 heteroatoms. The summed E-state index contributed by atoms with van der Waals surface area (Å²) in [6.07, 6.45) is 3.33. The highest BCUT2D eigenvalue weighted by Gasteiger charge is 2.03. The van der Waals surface area contributed by atoms with Crippen molar-refractivity contribution in [2.24, 2.45) is 0 Å². The number of rotatable bonds is 5. The molecule has 2 rings (SSSR count). The number of carboxylic acid groups (broad SMARTS) is 1. The van der Waals surface area contributed by atoms with E-state index >= 15 is 0 Å². The van der Waals surface area contributed by atoms with Crippen LogP contribution >= 0.6 is 0 Å². The number of nitrogens with one attached hydrogen (secondary N) is 1. The van der Waals surface area contributed by atoms with Crippen LogP contribution < -0.4 is 5.32 Å². The molecule has 2 aromatic heterocycles. The second-order valence-electron chi connectivity index (χ2n) is 3.55. The average molecular weight is 244 g/mol. The van der Waals surface area contributed by atoms with Crippen molar-refractivity contribution < 1.29 is 9.90 Å². The first-order chi connectivity index (χ1) is 8.75. The summed E-state index contributed by atoms with van der Waals surface area (Å²) in [7, 11) is 0. The van der Waals surface area contributed by atoms with Crippen molar-refractivity contribution in [2.45, 2.75) is 6.42 Å². The van der Waals surface area contributed by atoms with Crippen molar-refractivity contribution >= 4 is 11.9 Å². The number of pyridine rings is 1. The highest BCUT2D eigenvalue weighted by atomic mass is 16.4. The maximum Gasteiger partial charge on any atom is 0.305 e. The molecule has 0 atom stereocenters. The first-order valence-corrected chi connectivity index (χ1v) is 5.46. The maximum atomic E-state index is 10.4. The van der Waals surface area contributed by atoms with E-state index in [0.717, 1.165) is 5.69 Å². The third kappa shape index (κ3) is 3.24. The van der Waals surface area contributed by atoms with Gasteiger partial charge in [-0.3, -0.25) is 9.78 Å². The number of carboxylic acids is 1. The van der Waals surface area contributed by atoms with Crippen LogP contribution in [0.3, 0.4) is 0 Å². The molecule has 0 amide bonds.